The summed E-state index contributed by atoms with van der Waals surface area (Å²) in [6.07, 6.45) is 3.51. The second-order valence-corrected chi connectivity index (χ2v) is 7.22. The van der Waals surface area contributed by atoms with Gasteiger partial charge < -0.3 is 14.8 Å². The number of methoxy groups -OCH3 is 2. The van der Waals surface area contributed by atoms with Crippen molar-refractivity contribution in [3.05, 3.63) is 90.8 Å². The molecule has 8 heteroatoms. The van der Waals surface area contributed by atoms with Gasteiger partial charge in [0.2, 0.25) is 0 Å². The predicted octanol–water partition coefficient (Wildman–Crippen LogP) is 5.25. The summed E-state index contributed by atoms with van der Waals surface area (Å²) in [5, 5.41) is 5.40. The number of benzene rings is 2. The summed E-state index contributed by atoms with van der Waals surface area (Å²) >= 11 is 0. The predicted molar refractivity (Wildman–Crippen MR) is 130 cm³/mol. The Bertz CT molecular complexity index is 1310. The Morgan fingerprint density at radius 2 is 1.59 bits per heavy atom. The second-order valence-electron chi connectivity index (χ2n) is 7.22. The van der Waals surface area contributed by atoms with Crippen LogP contribution in [0.25, 0.3) is 22.4 Å². The van der Waals surface area contributed by atoms with E-state index in [4.69, 9.17) is 9.47 Å². The van der Waals surface area contributed by atoms with Gasteiger partial charge in [0.15, 0.2) is 0 Å². The maximum atomic E-state index is 12.6. The summed E-state index contributed by atoms with van der Waals surface area (Å²) in [7, 11) is 2.82. The Labute approximate surface area is 196 Å². The zero-order chi connectivity index (χ0) is 23.9. The fourth-order valence-corrected chi connectivity index (χ4v) is 3.36. The molecule has 0 atom stereocenters. The number of carbonyl (C=O) groups excluding carboxylic acids is 2. The first-order valence-electron chi connectivity index (χ1n) is 10.4. The highest BCUT2D eigenvalue weighted by molar-refractivity contribution is 6.01. The summed E-state index contributed by atoms with van der Waals surface area (Å²) in [4.78, 5) is 33.5. The van der Waals surface area contributed by atoms with Gasteiger partial charge in [0.25, 0.3) is 0 Å². The van der Waals surface area contributed by atoms with E-state index in [0.717, 1.165) is 16.7 Å². The number of hydrogen-bond acceptors (Lipinski definition) is 6. The van der Waals surface area contributed by atoms with Crippen molar-refractivity contribution in [2.24, 2.45) is 0 Å². The lowest BCUT2D eigenvalue weighted by Crippen LogP contribution is -2.21. The van der Waals surface area contributed by atoms with Gasteiger partial charge in [-0.25, -0.2) is 14.6 Å². The first-order valence-corrected chi connectivity index (χ1v) is 10.4. The molecule has 0 aliphatic rings. The molecular weight excluding hydrogens is 432 g/mol. The number of carbonyl (C=O) groups is 2. The van der Waals surface area contributed by atoms with Crippen LogP contribution >= 0.6 is 0 Å². The van der Waals surface area contributed by atoms with Crippen LogP contribution in [0.1, 0.15) is 10.4 Å². The van der Waals surface area contributed by atoms with Gasteiger partial charge in [-0.3, -0.25) is 10.3 Å². The highest BCUT2D eigenvalue weighted by atomic mass is 16.5. The number of pyridine rings is 2. The normalized spacial score (nSPS) is 10.3. The van der Waals surface area contributed by atoms with Gasteiger partial charge in [0.1, 0.15) is 11.6 Å². The minimum absolute atomic E-state index is 0.196. The Hall–Kier alpha value is -4.72. The summed E-state index contributed by atoms with van der Waals surface area (Å²) in [5.41, 5.74) is 4.02. The Kier molecular flexibility index (Phi) is 6.78. The zero-order valence-corrected chi connectivity index (χ0v) is 18.6. The molecule has 2 aromatic carbocycles. The van der Waals surface area contributed by atoms with E-state index in [0.29, 0.717) is 17.1 Å². The van der Waals surface area contributed by atoms with Crippen LogP contribution in [0.5, 0.6) is 5.75 Å². The molecule has 0 aliphatic carbocycles. The van der Waals surface area contributed by atoms with Gasteiger partial charge in [-0.15, -0.1) is 0 Å². The smallest absolute Gasteiger partial charge is 0.338 e. The van der Waals surface area contributed by atoms with Gasteiger partial charge >= 0.3 is 12.0 Å². The van der Waals surface area contributed by atoms with Gasteiger partial charge in [-0.05, 0) is 41.5 Å². The van der Waals surface area contributed by atoms with Crippen molar-refractivity contribution in [2.45, 2.75) is 0 Å². The maximum absolute atomic E-state index is 12.6. The average molecular weight is 454 g/mol. The number of urea groups is 1. The van der Waals surface area contributed by atoms with Gasteiger partial charge in [0, 0.05) is 18.0 Å². The zero-order valence-electron chi connectivity index (χ0n) is 18.6. The standard InChI is InChI=1S/C26H22N4O4/c1-33-23-8-4-3-7-21(23)29-26(32)30-24-15-20(25(31)34-2)14-22(28-24)18-11-9-17(10-12-18)19-6-5-13-27-16-19/h3-16H,1-2H3,(H2,28,29,30,32). The molecule has 0 radical (unpaired) electrons. The monoisotopic (exact) mass is 454 g/mol. The Morgan fingerprint density at radius 3 is 2.29 bits per heavy atom. The lowest BCUT2D eigenvalue weighted by atomic mass is 10.0. The number of para-hydroxylation sites is 2. The summed E-state index contributed by atoms with van der Waals surface area (Å²) < 4.78 is 10.1. The van der Waals surface area contributed by atoms with Crippen LogP contribution in [-0.2, 0) is 4.74 Å². The molecular formula is C26H22N4O4. The van der Waals surface area contributed by atoms with Crippen molar-refractivity contribution < 1.29 is 19.1 Å². The van der Waals surface area contributed by atoms with Gasteiger partial charge in [0.05, 0.1) is 31.2 Å². The van der Waals surface area contributed by atoms with E-state index >= 15 is 0 Å². The third-order valence-corrected chi connectivity index (χ3v) is 5.02. The molecule has 0 fully saturated rings. The average Bonchev–Trinajstić information content (AvgIpc) is 2.89. The molecule has 2 aromatic heterocycles. The minimum Gasteiger partial charge on any atom is -0.495 e. The number of nitrogens with one attached hydrogen (secondary N) is 2. The molecule has 170 valence electrons. The molecule has 0 saturated heterocycles. The van der Waals surface area contributed by atoms with Crippen molar-refractivity contribution in [3.63, 3.8) is 0 Å². The number of rotatable bonds is 6. The highest BCUT2D eigenvalue weighted by Gasteiger charge is 2.14. The minimum atomic E-state index is -0.538. The molecule has 0 spiro atoms. The molecule has 34 heavy (non-hydrogen) atoms. The molecule has 0 aliphatic heterocycles. The Morgan fingerprint density at radius 1 is 0.824 bits per heavy atom. The van der Waals surface area contributed by atoms with E-state index in [9.17, 15) is 9.59 Å². The largest absolute Gasteiger partial charge is 0.495 e. The van der Waals surface area contributed by atoms with E-state index in [1.165, 1.54) is 20.3 Å². The fourth-order valence-electron chi connectivity index (χ4n) is 3.36. The lowest BCUT2D eigenvalue weighted by molar-refractivity contribution is 0.0600. The van der Waals surface area contributed by atoms with Crippen LogP contribution in [-0.4, -0.2) is 36.2 Å². The molecule has 0 unspecified atom stereocenters. The second kappa shape index (κ2) is 10.3. The van der Waals surface area contributed by atoms with Crippen LogP contribution < -0.4 is 15.4 Å². The van der Waals surface area contributed by atoms with E-state index in [-0.39, 0.29) is 11.4 Å². The SMILES string of the molecule is COC(=O)c1cc(NC(=O)Nc2ccccc2OC)nc(-c2ccc(-c3cccnc3)cc2)c1. The van der Waals surface area contributed by atoms with Crippen LogP contribution in [0.2, 0.25) is 0 Å². The quantitative estimate of drug-likeness (QED) is 0.386. The fraction of sp³-hybridized carbons (Fsp3) is 0.0769. The van der Waals surface area contributed by atoms with Crippen molar-refractivity contribution in [3.8, 4) is 28.1 Å². The van der Waals surface area contributed by atoms with E-state index in [1.54, 1.807) is 42.7 Å². The molecule has 2 heterocycles. The number of ether oxygens (including phenoxy) is 2. The topological polar surface area (TPSA) is 102 Å². The number of aromatic nitrogens is 2. The molecule has 0 saturated carbocycles. The summed E-state index contributed by atoms with van der Waals surface area (Å²) in [6.45, 7) is 0. The molecule has 4 aromatic rings. The number of hydrogen-bond donors (Lipinski definition) is 2. The van der Waals surface area contributed by atoms with E-state index < -0.39 is 12.0 Å². The van der Waals surface area contributed by atoms with Crippen molar-refractivity contribution in [2.75, 3.05) is 24.9 Å². The highest BCUT2D eigenvalue weighted by Crippen LogP contribution is 2.26. The van der Waals surface area contributed by atoms with Crippen molar-refractivity contribution >= 4 is 23.5 Å². The summed E-state index contributed by atoms with van der Waals surface area (Å²) in [5.74, 6) is 0.175. The third kappa shape index (κ3) is 5.18. The summed E-state index contributed by atoms with van der Waals surface area (Å²) in [6, 6.07) is 21.1. The van der Waals surface area contributed by atoms with Gasteiger partial charge in [-0.2, -0.15) is 0 Å². The first-order chi connectivity index (χ1) is 16.6. The maximum Gasteiger partial charge on any atom is 0.338 e. The number of nitrogens with zero attached hydrogens (tertiary/aromatic N) is 2. The number of anilines is 2. The number of amides is 2. The molecule has 0 bridgehead atoms. The van der Waals surface area contributed by atoms with E-state index in [2.05, 4.69) is 20.6 Å². The third-order valence-electron chi connectivity index (χ3n) is 5.02. The van der Waals surface area contributed by atoms with Crippen LogP contribution in [0.3, 0.4) is 0 Å². The van der Waals surface area contributed by atoms with Crippen LogP contribution in [0.15, 0.2) is 85.2 Å². The Balaban J connectivity index is 1.61. The van der Waals surface area contributed by atoms with Crippen molar-refractivity contribution in [1.29, 1.82) is 0 Å². The number of esters is 1. The molecule has 4 rings (SSSR count). The van der Waals surface area contributed by atoms with E-state index in [1.807, 2.05) is 36.4 Å². The van der Waals surface area contributed by atoms with Crippen LogP contribution in [0, 0.1) is 0 Å². The lowest BCUT2D eigenvalue weighted by Gasteiger charge is -2.12. The molecule has 8 nitrogen and oxygen atoms in total. The molecule has 2 amide bonds. The molecule has 2 N–H and O–H groups in total. The van der Waals surface area contributed by atoms with Gasteiger partial charge in [-0.1, -0.05) is 42.5 Å². The van der Waals surface area contributed by atoms with Crippen molar-refractivity contribution in [1.82, 2.24) is 9.97 Å². The van der Waals surface area contributed by atoms with Crippen LogP contribution in [0.4, 0.5) is 16.3 Å². The first kappa shape index (κ1) is 22.5.